The molecule has 78 valence electrons. The van der Waals surface area contributed by atoms with Gasteiger partial charge in [-0.15, -0.1) is 0 Å². The van der Waals surface area contributed by atoms with Gasteiger partial charge in [0.2, 0.25) is 5.95 Å². The number of hydrogen-bond acceptors (Lipinski definition) is 4. The van der Waals surface area contributed by atoms with Crippen LogP contribution in [0, 0.1) is 5.92 Å². The quantitative estimate of drug-likeness (QED) is 0.752. The molecule has 0 aliphatic rings. The lowest BCUT2D eigenvalue weighted by atomic mass is 10.1. The molecule has 2 N–H and O–H groups in total. The molecule has 1 aromatic rings. The SMILES string of the molecule is CNc1nccc(NCCC(C)C)n1. The summed E-state index contributed by atoms with van der Waals surface area (Å²) in [6.07, 6.45) is 2.90. The molecule has 0 saturated heterocycles. The molecule has 1 heterocycles. The second kappa shape index (κ2) is 5.42. The summed E-state index contributed by atoms with van der Waals surface area (Å²) in [7, 11) is 1.81. The van der Waals surface area contributed by atoms with Crippen molar-refractivity contribution in [3.63, 3.8) is 0 Å². The molecule has 0 radical (unpaired) electrons. The lowest BCUT2D eigenvalue weighted by Crippen LogP contribution is -2.07. The van der Waals surface area contributed by atoms with Crippen molar-refractivity contribution in [1.29, 1.82) is 0 Å². The Morgan fingerprint density at radius 1 is 1.43 bits per heavy atom. The van der Waals surface area contributed by atoms with E-state index in [2.05, 4.69) is 34.4 Å². The van der Waals surface area contributed by atoms with Gasteiger partial charge in [-0.3, -0.25) is 0 Å². The molecule has 14 heavy (non-hydrogen) atoms. The summed E-state index contributed by atoms with van der Waals surface area (Å²) >= 11 is 0. The second-order valence-electron chi connectivity index (χ2n) is 3.62. The molecule has 0 amide bonds. The van der Waals surface area contributed by atoms with E-state index in [4.69, 9.17) is 0 Å². The van der Waals surface area contributed by atoms with Crippen LogP contribution in [0.5, 0.6) is 0 Å². The third-order valence-electron chi connectivity index (χ3n) is 1.91. The number of anilines is 2. The van der Waals surface area contributed by atoms with E-state index >= 15 is 0 Å². The van der Waals surface area contributed by atoms with Crippen LogP contribution in [0.15, 0.2) is 12.3 Å². The number of hydrogen-bond donors (Lipinski definition) is 2. The van der Waals surface area contributed by atoms with Crippen molar-refractivity contribution in [2.75, 3.05) is 24.2 Å². The number of rotatable bonds is 5. The minimum absolute atomic E-state index is 0.652. The molecule has 0 unspecified atom stereocenters. The largest absolute Gasteiger partial charge is 0.370 e. The summed E-state index contributed by atoms with van der Waals surface area (Å²) < 4.78 is 0. The van der Waals surface area contributed by atoms with Gasteiger partial charge in [-0.2, -0.15) is 4.98 Å². The maximum Gasteiger partial charge on any atom is 0.224 e. The Hall–Kier alpha value is -1.32. The van der Waals surface area contributed by atoms with Crippen LogP contribution in [0.1, 0.15) is 20.3 Å². The van der Waals surface area contributed by atoms with Crippen LogP contribution >= 0.6 is 0 Å². The molecule has 0 aliphatic carbocycles. The lowest BCUT2D eigenvalue weighted by Gasteiger charge is -2.07. The summed E-state index contributed by atoms with van der Waals surface area (Å²) in [6, 6.07) is 1.88. The number of nitrogens with one attached hydrogen (secondary N) is 2. The average molecular weight is 194 g/mol. The van der Waals surface area contributed by atoms with E-state index < -0.39 is 0 Å². The Kier molecular flexibility index (Phi) is 4.16. The van der Waals surface area contributed by atoms with E-state index in [1.807, 2.05) is 13.1 Å². The highest BCUT2D eigenvalue weighted by Gasteiger charge is 1.97. The Bertz CT molecular complexity index is 273. The zero-order chi connectivity index (χ0) is 10.4. The van der Waals surface area contributed by atoms with Crippen molar-refractivity contribution in [3.05, 3.63) is 12.3 Å². The minimum atomic E-state index is 0.652. The molecule has 1 rings (SSSR count). The van der Waals surface area contributed by atoms with E-state index in [1.54, 1.807) is 6.20 Å². The molecule has 0 aromatic carbocycles. The van der Waals surface area contributed by atoms with Gasteiger partial charge in [0.25, 0.3) is 0 Å². The van der Waals surface area contributed by atoms with Gasteiger partial charge in [-0.05, 0) is 18.4 Å². The summed E-state index contributed by atoms with van der Waals surface area (Å²) in [6.45, 7) is 5.37. The molecule has 0 fully saturated rings. The van der Waals surface area contributed by atoms with Gasteiger partial charge in [-0.1, -0.05) is 13.8 Å². The van der Waals surface area contributed by atoms with Gasteiger partial charge in [-0.25, -0.2) is 4.98 Å². The summed E-state index contributed by atoms with van der Waals surface area (Å²) in [5.41, 5.74) is 0. The highest BCUT2D eigenvalue weighted by atomic mass is 15.1. The molecule has 4 heteroatoms. The monoisotopic (exact) mass is 194 g/mol. The number of nitrogens with zero attached hydrogens (tertiary/aromatic N) is 2. The van der Waals surface area contributed by atoms with Crippen LogP contribution in [-0.4, -0.2) is 23.6 Å². The van der Waals surface area contributed by atoms with Crippen molar-refractivity contribution in [2.45, 2.75) is 20.3 Å². The minimum Gasteiger partial charge on any atom is -0.370 e. The topological polar surface area (TPSA) is 49.8 Å². The first-order chi connectivity index (χ1) is 6.72. The molecular formula is C10H18N4. The van der Waals surface area contributed by atoms with Crippen molar-refractivity contribution in [3.8, 4) is 0 Å². The van der Waals surface area contributed by atoms with E-state index in [-0.39, 0.29) is 0 Å². The van der Waals surface area contributed by atoms with Crippen molar-refractivity contribution in [1.82, 2.24) is 9.97 Å². The van der Waals surface area contributed by atoms with Gasteiger partial charge in [0, 0.05) is 19.8 Å². The first kappa shape index (κ1) is 10.8. The zero-order valence-corrected chi connectivity index (χ0v) is 9.04. The third-order valence-corrected chi connectivity index (χ3v) is 1.91. The Labute approximate surface area is 85.2 Å². The van der Waals surface area contributed by atoms with Gasteiger partial charge >= 0.3 is 0 Å². The third kappa shape index (κ3) is 3.60. The highest BCUT2D eigenvalue weighted by molar-refractivity contribution is 5.38. The normalized spacial score (nSPS) is 10.3. The molecular weight excluding hydrogens is 176 g/mol. The first-order valence-electron chi connectivity index (χ1n) is 4.97. The van der Waals surface area contributed by atoms with Crippen LogP contribution < -0.4 is 10.6 Å². The second-order valence-corrected chi connectivity index (χ2v) is 3.62. The maximum atomic E-state index is 4.25. The van der Waals surface area contributed by atoms with Crippen molar-refractivity contribution in [2.24, 2.45) is 5.92 Å². The Morgan fingerprint density at radius 2 is 2.21 bits per heavy atom. The predicted octanol–water partition coefficient (Wildman–Crippen LogP) is 1.98. The fourth-order valence-electron chi connectivity index (χ4n) is 1.07. The van der Waals surface area contributed by atoms with E-state index in [1.165, 1.54) is 0 Å². The lowest BCUT2D eigenvalue weighted by molar-refractivity contribution is 0.606. The molecule has 4 nitrogen and oxygen atoms in total. The summed E-state index contributed by atoms with van der Waals surface area (Å²) in [4.78, 5) is 8.29. The molecule has 0 saturated carbocycles. The Morgan fingerprint density at radius 3 is 2.86 bits per heavy atom. The zero-order valence-electron chi connectivity index (χ0n) is 9.04. The number of aromatic nitrogens is 2. The van der Waals surface area contributed by atoms with Gasteiger partial charge in [0.05, 0.1) is 0 Å². The summed E-state index contributed by atoms with van der Waals surface area (Å²) in [5.74, 6) is 2.25. The smallest absolute Gasteiger partial charge is 0.224 e. The standard InChI is InChI=1S/C10H18N4/c1-8(2)4-6-12-9-5-7-13-10(11-3)14-9/h5,7-8H,4,6H2,1-3H3,(H2,11,12,13,14). The molecule has 0 spiro atoms. The summed E-state index contributed by atoms with van der Waals surface area (Å²) in [5, 5.41) is 6.16. The van der Waals surface area contributed by atoms with E-state index in [0.717, 1.165) is 18.8 Å². The Balaban J connectivity index is 2.42. The van der Waals surface area contributed by atoms with Crippen molar-refractivity contribution < 1.29 is 0 Å². The van der Waals surface area contributed by atoms with E-state index in [0.29, 0.717) is 11.9 Å². The first-order valence-corrected chi connectivity index (χ1v) is 4.97. The fraction of sp³-hybridized carbons (Fsp3) is 0.600. The highest BCUT2D eigenvalue weighted by Crippen LogP contribution is 2.06. The van der Waals surface area contributed by atoms with Crippen LogP contribution in [0.4, 0.5) is 11.8 Å². The van der Waals surface area contributed by atoms with Crippen molar-refractivity contribution >= 4 is 11.8 Å². The maximum absolute atomic E-state index is 4.25. The predicted molar refractivity (Wildman–Crippen MR) is 59.5 cm³/mol. The van der Waals surface area contributed by atoms with Crippen LogP contribution in [0.2, 0.25) is 0 Å². The van der Waals surface area contributed by atoms with Crippen LogP contribution in [-0.2, 0) is 0 Å². The van der Waals surface area contributed by atoms with Gasteiger partial charge in [0.15, 0.2) is 0 Å². The van der Waals surface area contributed by atoms with Gasteiger partial charge in [0.1, 0.15) is 5.82 Å². The van der Waals surface area contributed by atoms with Crippen LogP contribution in [0.25, 0.3) is 0 Å². The average Bonchev–Trinajstić information content (AvgIpc) is 2.18. The van der Waals surface area contributed by atoms with Gasteiger partial charge < -0.3 is 10.6 Å². The molecule has 0 aliphatic heterocycles. The van der Waals surface area contributed by atoms with Crippen LogP contribution in [0.3, 0.4) is 0 Å². The fourth-order valence-corrected chi connectivity index (χ4v) is 1.07. The molecule has 0 atom stereocenters. The molecule has 0 bridgehead atoms. The van der Waals surface area contributed by atoms with E-state index in [9.17, 15) is 0 Å². The molecule has 1 aromatic heterocycles.